The number of guanidine groups is 1. The Morgan fingerprint density at radius 2 is 2.47 bits per heavy atom. The van der Waals surface area contributed by atoms with E-state index in [2.05, 4.69) is 15.2 Å². The Morgan fingerprint density at radius 1 is 1.63 bits per heavy atom. The molecule has 2 fully saturated rings. The molecule has 2 aliphatic rings. The molecule has 110 valence electrons. The Bertz CT molecular complexity index is 313. The minimum absolute atomic E-state index is 0.572. The molecule has 0 aromatic rings. The molecule has 19 heavy (non-hydrogen) atoms. The quantitative estimate of drug-likeness (QED) is 0.579. The summed E-state index contributed by atoms with van der Waals surface area (Å²) >= 11 is 1.81. The van der Waals surface area contributed by atoms with E-state index >= 15 is 0 Å². The van der Waals surface area contributed by atoms with Gasteiger partial charge in [-0.25, -0.2) is 0 Å². The zero-order valence-electron chi connectivity index (χ0n) is 11.9. The van der Waals surface area contributed by atoms with Gasteiger partial charge in [0.25, 0.3) is 0 Å². The van der Waals surface area contributed by atoms with Gasteiger partial charge in [-0.1, -0.05) is 0 Å². The molecule has 5 nitrogen and oxygen atoms in total. The van der Waals surface area contributed by atoms with Crippen LogP contribution in [0.5, 0.6) is 0 Å². The molecule has 0 amide bonds. The first-order chi connectivity index (χ1) is 9.13. The second-order valence-corrected chi connectivity index (χ2v) is 6.64. The molecule has 0 aromatic heterocycles. The van der Waals surface area contributed by atoms with Crippen LogP contribution in [0.2, 0.25) is 0 Å². The van der Waals surface area contributed by atoms with Gasteiger partial charge in [0.2, 0.25) is 0 Å². The number of hydrogen-bond donors (Lipinski definition) is 2. The maximum atomic E-state index is 10.3. The van der Waals surface area contributed by atoms with Gasteiger partial charge >= 0.3 is 0 Å². The second kappa shape index (κ2) is 6.81. The number of nitrogens with one attached hydrogen (secondary N) is 1. The van der Waals surface area contributed by atoms with E-state index in [1.165, 1.54) is 0 Å². The Kier molecular flexibility index (Phi) is 5.36. The molecule has 2 unspecified atom stereocenters. The summed E-state index contributed by atoms with van der Waals surface area (Å²) in [5.74, 6) is 3.31. The van der Waals surface area contributed by atoms with Crippen LogP contribution in [-0.4, -0.2) is 73.5 Å². The molecule has 2 aliphatic heterocycles. The van der Waals surface area contributed by atoms with Gasteiger partial charge in [0.05, 0.1) is 12.2 Å². The average Bonchev–Trinajstić information content (AvgIpc) is 3.02. The maximum absolute atomic E-state index is 10.3. The number of nitrogens with zero attached hydrogens (tertiary/aromatic N) is 2. The summed E-state index contributed by atoms with van der Waals surface area (Å²) in [5, 5.41) is 13.6. The largest absolute Gasteiger partial charge is 0.387 e. The van der Waals surface area contributed by atoms with Gasteiger partial charge in [-0.3, -0.25) is 4.99 Å². The summed E-state index contributed by atoms with van der Waals surface area (Å²) in [5.41, 5.74) is -0.572. The lowest BCUT2D eigenvalue weighted by Crippen LogP contribution is -2.48. The fraction of sp³-hybridized carbons (Fsp3) is 0.923. The van der Waals surface area contributed by atoms with Crippen LogP contribution in [0.1, 0.15) is 12.8 Å². The molecule has 0 spiro atoms. The van der Waals surface area contributed by atoms with Crippen molar-refractivity contribution in [2.75, 3.05) is 51.9 Å². The van der Waals surface area contributed by atoms with Gasteiger partial charge < -0.3 is 20.1 Å². The molecular weight excluding hydrogens is 262 g/mol. The molecule has 0 aromatic carbocycles. The number of thioether (sulfide) groups is 1. The van der Waals surface area contributed by atoms with Crippen molar-refractivity contribution in [3.8, 4) is 0 Å². The van der Waals surface area contributed by atoms with Crippen LogP contribution >= 0.6 is 11.8 Å². The normalized spacial score (nSPS) is 31.7. The minimum Gasteiger partial charge on any atom is -0.387 e. The predicted molar refractivity (Wildman–Crippen MR) is 79.8 cm³/mol. The third-order valence-corrected chi connectivity index (χ3v) is 5.02. The smallest absolute Gasteiger partial charge is 0.193 e. The monoisotopic (exact) mass is 287 g/mol. The summed E-state index contributed by atoms with van der Waals surface area (Å²) in [6.07, 6.45) is 1.99. The third kappa shape index (κ3) is 4.26. The fourth-order valence-corrected chi connectivity index (χ4v) is 3.86. The Labute approximate surface area is 119 Å². The molecule has 2 N–H and O–H groups in total. The van der Waals surface area contributed by atoms with E-state index in [1.54, 1.807) is 7.05 Å². The van der Waals surface area contributed by atoms with Crippen LogP contribution in [0.3, 0.4) is 0 Å². The molecular formula is C13H25N3O2S. The van der Waals surface area contributed by atoms with Crippen molar-refractivity contribution in [3.05, 3.63) is 0 Å². The lowest BCUT2D eigenvalue weighted by atomic mass is 10.0. The molecule has 0 saturated carbocycles. The average molecular weight is 287 g/mol. The van der Waals surface area contributed by atoms with Crippen LogP contribution in [0.15, 0.2) is 4.99 Å². The van der Waals surface area contributed by atoms with Crippen LogP contribution in [0.4, 0.5) is 0 Å². The van der Waals surface area contributed by atoms with E-state index in [0.717, 1.165) is 50.1 Å². The van der Waals surface area contributed by atoms with Crippen molar-refractivity contribution >= 4 is 17.7 Å². The molecule has 2 saturated heterocycles. The first-order valence-electron chi connectivity index (χ1n) is 6.93. The first kappa shape index (κ1) is 14.9. The highest BCUT2D eigenvalue weighted by Crippen LogP contribution is 2.27. The zero-order valence-corrected chi connectivity index (χ0v) is 12.7. The highest BCUT2D eigenvalue weighted by Gasteiger charge is 2.32. The van der Waals surface area contributed by atoms with Gasteiger partial charge in [0.1, 0.15) is 0 Å². The molecule has 2 rings (SSSR count). The lowest BCUT2D eigenvalue weighted by Gasteiger charge is -2.28. The number of ether oxygens (including phenoxy) is 1. The van der Waals surface area contributed by atoms with E-state index in [1.807, 2.05) is 18.8 Å². The summed E-state index contributed by atoms with van der Waals surface area (Å²) in [6, 6.07) is 0. The van der Waals surface area contributed by atoms with Crippen LogP contribution in [0, 0.1) is 5.92 Å². The molecule has 2 heterocycles. The Morgan fingerprint density at radius 3 is 3.05 bits per heavy atom. The molecule has 6 heteroatoms. The fourth-order valence-electron chi connectivity index (χ4n) is 2.57. The van der Waals surface area contributed by atoms with Crippen LogP contribution in [0.25, 0.3) is 0 Å². The molecule has 0 bridgehead atoms. The zero-order chi connectivity index (χ0) is 13.7. The van der Waals surface area contributed by atoms with Crippen LogP contribution < -0.4 is 5.32 Å². The minimum atomic E-state index is -0.572. The van der Waals surface area contributed by atoms with Crippen LogP contribution in [-0.2, 0) is 4.74 Å². The standard InChI is InChI=1S/C13H25N3O2S/c1-14-12(15-9-13(17)4-6-19-10-13)16(2)7-11-3-5-18-8-11/h11,17H,3-10H2,1-2H3,(H,14,15). The van der Waals surface area contributed by atoms with Crippen molar-refractivity contribution in [1.82, 2.24) is 10.2 Å². The Balaban J connectivity index is 1.78. The first-order valence-corrected chi connectivity index (χ1v) is 8.08. The third-order valence-electron chi connectivity index (χ3n) is 3.79. The molecule has 0 radical (unpaired) electrons. The summed E-state index contributed by atoms with van der Waals surface area (Å²) < 4.78 is 5.40. The van der Waals surface area contributed by atoms with Crippen molar-refractivity contribution in [1.29, 1.82) is 0 Å². The number of aliphatic imine (C=N–C) groups is 1. The number of hydrogen-bond acceptors (Lipinski definition) is 4. The number of rotatable bonds is 4. The summed E-state index contributed by atoms with van der Waals surface area (Å²) in [6.45, 7) is 3.26. The van der Waals surface area contributed by atoms with Crippen molar-refractivity contribution in [2.24, 2.45) is 10.9 Å². The number of aliphatic hydroxyl groups is 1. The maximum Gasteiger partial charge on any atom is 0.193 e. The van der Waals surface area contributed by atoms with E-state index < -0.39 is 5.60 Å². The van der Waals surface area contributed by atoms with Gasteiger partial charge in [0, 0.05) is 45.5 Å². The SMILES string of the molecule is CN=C(NCC1(O)CCSC1)N(C)CC1CCOC1. The highest BCUT2D eigenvalue weighted by atomic mass is 32.2. The van der Waals surface area contributed by atoms with E-state index in [9.17, 15) is 5.11 Å². The summed E-state index contributed by atoms with van der Waals surface area (Å²) in [7, 11) is 3.83. The van der Waals surface area contributed by atoms with Crippen molar-refractivity contribution in [2.45, 2.75) is 18.4 Å². The Hall–Kier alpha value is -0.460. The van der Waals surface area contributed by atoms with E-state index in [-0.39, 0.29) is 0 Å². The second-order valence-electron chi connectivity index (χ2n) is 5.54. The predicted octanol–water partition coefficient (Wildman–Crippen LogP) is 0.398. The van der Waals surface area contributed by atoms with Crippen molar-refractivity contribution < 1.29 is 9.84 Å². The lowest BCUT2D eigenvalue weighted by molar-refractivity contribution is 0.0717. The van der Waals surface area contributed by atoms with Gasteiger partial charge in [0.15, 0.2) is 5.96 Å². The van der Waals surface area contributed by atoms with E-state index in [0.29, 0.717) is 12.5 Å². The molecule has 0 aliphatic carbocycles. The van der Waals surface area contributed by atoms with Gasteiger partial charge in [-0.05, 0) is 18.6 Å². The molecule has 2 atom stereocenters. The topological polar surface area (TPSA) is 57.1 Å². The van der Waals surface area contributed by atoms with Crippen molar-refractivity contribution in [3.63, 3.8) is 0 Å². The summed E-state index contributed by atoms with van der Waals surface area (Å²) in [4.78, 5) is 6.42. The highest BCUT2D eigenvalue weighted by molar-refractivity contribution is 7.99. The van der Waals surface area contributed by atoms with E-state index in [4.69, 9.17) is 4.74 Å². The van der Waals surface area contributed by atoms with Gasteiger partial charge in [-0.15, -0.1) is 0 Å². The van der Waals surface area contributed by atoms with Gasteiger partial charge in [-0.2, -0.15) is 11.8 Å².